The summed E-state index contributed by atoms with van der Waals surface area (Å²) >= 11 is 5.77. The quantitative estimate of drug-likeness (QED) is 0.662. The summed E-state index contributed by atoms with van der Waals surface area (Å²) in [6, 6.07) is 5.59. The van der Waals surface area contributed by atoms with Gasteiger partial charge in [0.2, 0.25) is 0 Å². The number of hydrogen-bond donors (Lipinski definition) is 1. The third-order valence-corrected chi connectivity index (χ3v) is 2.42. The van der Waals surface area contributed by atoms with E-state index in [1.54, 1.807) is 6.20 Å². The normalized spacial score (nSPS) is 9.94. The number of rotatable bonds is 4. The molecule has 2 aromatic rings. The minimum absolute atomic E-state index is 0.138. The van der Waals surface area contributed by atoms with Crippen LogP contribution in [0.2, 0.25) is 5.15 Å². The highest BCUT2D eigenvalue weighted by atomic mass is 35.5. The fraction of sp³-hybridized carbons (Fsp3) is 0.0909. The molecule has 2 rings (SSSR count). The molecule has 0 aromatic carbocycles. The van der Waals surface area contributed by atoms with Gasteiger partial charge in [-0.15, -0.1) is 0 Å². The van der Waals surface area contributed by atoms with Crippen molar-refractivity contribution in [2.24, 2.45) is 0 Å². The standard InChI is InChI=1S/C11H9ClN4O/c12-10-9(6-17)11(16-7-15-10)14-5-8-3-1-2-4-13-8/h1-4,6-7H,5H2,(H,14,15,16). The summed E-state index contributed by atoms with van der Waals surface area (Å²) in [6.45, 7) is 0.467. The number of anilines is 1. The Bertz CT molecular complexity index is 518. The fourth-order valence-corrected chi connectivity index (χ4v) is 1.47. The lowest BCUT2D eigenvalue weighted by molar-refractivity contribution is 0.112. The molecule has 0 atom stereocenters. The van der Waals surface area contributed by atoms with Gasteiger partial charge in [-0.3, -0.25) is 9.78 Å². The lowest BCUT2D eigenvalue weighted by Crippen LogP contribution is -2.06. The first-order chi connectivity index (χ1) is 8.31. The molecule has 0 fully saturated rings. The maximum Gasteiger partial charge on any atom is 0.156 e. The zero-order valence-electron chi connectivity index (χ0n) is 8.80. The van der Waals surface area contributed by atoms with E-state index in [0.717, 1.165) is 5.69 Å². The number of carbonyl (C=O) groups excluding carboxylic acids is 1. The van der Waals surface area contributed by atoms with Gasteiger partial charge < -0.3 is 5.32 Å². The van der Waals surface area contributed by atoms with Gasteiger partial charge in [0, 0.05) is 6.20 Å². The van der Waals surface area contributed by atoms with Gasteiger partial charge >= 0.3 is 0 Å². The minimum atomic E-state index is 0.138. The van der Waals surface area contributed by atoms with Crippen molar-refractivity contribution in [2.45, 2.75) is 6.54 Å². The third kappa shape index (κ3) is 2.76. The van der Waals surface area contributed by atoms with Crippen molar-refractivity contribution in [3.05, 3.63) is 47.1 Å². The molecule has 0 aliphatic heterocycles. The number of nitrogens with one attached hydrogen (secondary N) is 1. The summed E-state index contributed by atoms with van der Waals surface area (Å²) in [7, 11) is 0. The second kappa shape index (κ2) is 5.36. The summed E-state index contributed by atoms with van der Waals surface area (Å²) < 4.78 is 0. The Morgan fingerprint density at radius 2 is 2.18 bits per heavy atom. The largest absolute Gasteiger partial charge is 0.364 e. The number of hydrogen-bond acceptors (Lipinski definition) is 5. The van der Waals surface area contributed by atoms with Crippen LogP contribution in [0.4, 0.5) is 5.82 Å². The van der Waals surface area contributed by atoms with E-state index in [-0.39, 0.29) is 10.7 Å². The molecular weight excluding hydrogens is 240 g/mol. The maximum absolute atomic E-state index is 10.8. The van der Waals surface area contributed by atoms with Crippen LogP contribution in [0.3, 0.4) is 0 Å². The molecule has 0 radical (unpaired) electrons. The minimum Gasteiger partial charge on any atom is -0.364 e. The molecule has 5 nitrogen and oxygen atoms in total. The van der Waals surface area contributed by atoms with Gasteiger partial charge in [-0.1, -0.05) is 17.7 Å². The lowest BCUT2D eigenvalue weighted by atomic mass is 10.3. The molecule has 2 aromatic heterocycles. The van der Waals surface area contributed by atoms with Gasteiger partial charge in [0.05, 0.1) is 17.8 Å². The Labute approximate surface area is 103 Å². The number of carbonyl (C=O) groups is 1. The first-order valence-electron chi connectivity index (χ1n) is 4.90. The molecule has 17 heavy (non-hydrogen) atoms. The number of pyridine rings is 1. The first-order valence-corrected chi connectivity index (χ1v) is 5.28. The average Bonchev–Trinajstić information content (AvgIpc) is 2.37. The Hall–Kier alpha value is -2.01. The Morgan fingerprint density at radius 1 is 1.29 bits per heavy atom. The second-order valence-corrected chi connectivity index (χ2v) is 3.58. The molecule has 0 unspecified atom stereocenters. The topological polar surface area (TPSA) is 67.8 Å². The van der Waals surface area contributed by atoms with Crippen LogP contribution in [0.25, 0.3) is 0 Å². The molecule has 0 aliphatic rings. The summed E-state index contributed by atoms with van der Waals surface area (Å²) in [5.41, 5.74) is 1.10. The average molecular weight is 249 g/mol. The van der Waals surface area contributed by atoms with Crippen LogP contribution in [-0.4, -0.2) is 21.2 Å². The Kier molecular flexibility index (Phi) is 3.62. The van der Waals surface area contributed by atoms with Crippen LogP contribution < -0.4 is 5.32 Å². The van der Waals surface area contributed by atoms with Crippen molar-refractivity contribution in [3.63, 3.8) is 0 Å². The van der Waals surface area contributed by atoms with Crippen LogP contribution in [0, 0.1) is 0 Å². The van der Waals surface area contributed by atoms with Gasteiger partial charge in [-0.05, 0) is 12.1 Å². The van der Waals surface area contributed by atoms with Crippen LogP contribution in [-0.2, 0) is 6.54 Å². The molecule has 1 N–H and O–H groups in total. The van der Waals surface area contributed by atoms with Crippen LogP contribution in [0.15, 0.2) is 30.7 Å². The molecule has 0 aliphatic carbocycles. The highest BCUT2D eigenvalue weighted by molar-refractivity contribution is 6.32. The smallest absolute Gasteiger partial charge is 0.156 e. The van der Waals surface area contributed by atoms with Crippen molar-refractivity contribution in [1.29, 1.82) is 0 Å². The molecule has 0 amide bonds. The summed E-state index contributed by atoms with van der Waals surface area (Å²) in [5, 5.41) is 3.13. The van der Waals surface area contributed by atoms with Gasteiger partial charge in [0.15, 0.2) is 6.29 Å². The van der Waals surface area contributed by atoms with E-state index in [1.807, 2.05) is 18.2 Å². The van der Waals surface area contributed by atoms with E-state index in [2.05, 4.69) is 20.3 Å². The maximum atomic E-state index is 10.8. The SMILES string of the molecule is O=Cc1c(Cl)ncnc1NCc1ccccn1. The molecule has 0 bridgehead atoms. The molecule has 6 heteroatoms. The number of nitrogens with zero attached hydrogens (tertiary/aromatic N) is 3. The van der Waals surface area contributed by atoms with E-state index in [9.17, 15) is 4.79 Å². The zero-order chi connectivity index (χ0) is 12.1. The van der Waals surface area contributed by atoms with E-state index >= 15 is 0 Å². The molecule has 86 valence electrons. The van der Waals surface area contributed by atoms with Crippen molar-refractivity contribution in [1.82, 2.24) is 15.0 Å². The number of halogens is 1. The fourth-order valence-electron chi connectivity index (χ4n) is 1.30. The summed E-state index contributed by atoms with van der Waals surface area (Å²) in [5.74, 6) is 0.408. The molecular formula is C11H9ClN4O. The van der Waals surface area contributed by atoms with E-state index in [1.165, 1.54) is 6.33 Å². The summed E-state index contributed by atoms with van der Waals surface area (Å²) in [6.07, 6.45) is 3.63. The zero-order valence-corrected chi connectivity index (χ0v) is 9.55. The Morgan fingerprint density at radius 3 is 2.88 bits per heavy atom. The third-order valence-electron chi connectivity index (χ3n) is 2.12. The molecule has 0 spiro atoms. The van der Waals surface area contributed by atoms with Crippen molar-refractivity contribution >= 4 is 23.7 Å². The molecule has 2 heterocycles. The van der Waals surface area contributed by atoms with Gasteiger partial charge in [0.25, 0.3) is 0 Å². The van der Waals surface area contributed by atoms with Crippen LogP contribution in [0.1, 0.15) is 16.1 Å². The number of aromatic nitrogens is 3. The lowest BCUT2D eigenvalue weighted by Gasteiger charge is -2.07. The highest BCUT2D eigenvalue weighted by Crippen LogP contribution is 2.17. The first kappa shape index (κ1) is 11.5. The molecule has 0 saturated heterocycles. The highest BCUT2D eigenvalue weighted by Gasteiger charge is 2.08. The van der Waals surface area contributed by atoms with Crippen LogP contribution >= 0.6 is 11.6 Å². The molecule has 0 saturated carbocycles. The Balaban J connectivity index is 2.14. The van der Waals surface area contributed by atoms with Gasteiger partial charge in [-0.2, -0.15) is 0 Å². The van der Waals surface area contributed by atoms with Crippen molar-refractivity contribution in [3.8, 4) is 0 Å². The van der Waals surface area contributed by atoms with Gasteiger partial charge in [0.1, 0.15) is 17.3 Å². The predicted molar refractivity (Wildman–Crippen MR) is 64.0 cm³/mol. The van der Waals surface area contributed by atoms with Crippen LogP contribution in [0.5, 0.6) is 0 Å². The van der Waals surface area contributed by atoms with E-state index in [0.29, 0.717) is 18.6 Å². The monoisotopic (exact) mass is 248 g/mol. The number of aldehydes is 1. The van der Waals surface area contributed by atoms with E-state index < -0.39 is 0 Å². The van der Waals surface area contributed by atoms with E-state index in [4.69, 9.17) is 11.6 Å². The van der Waals surface area contributed by atoms with Gasteiger partial charge in [-0.25, -0.2) is 9.97 Å². The summed E-state index contributed by atoms with van der Waals surface area (Å²) in [4.78, 5) is 22.7. The predicted octanol–water partition coefficient (Wildman–Crippen LogP) is 1.95. The second-order valence-electron chi connectivity index (χ2n) is 3.22. The van der Waals surface area contributed by atoms with Crippen molar-refractivity contribution in [2.75, 3.05) is 5.32 Å². The van der Waals surface area contributed by atoms with Crippen molar-refractivity contribution < 1.29 is 4.79 Å².